The summed E-state index contributed by atoms with van der Waals surface area (Å²) in [7, 11) is 0. The third kappa shape index (κ3) is 3.34. The molecule has 3 heteroatoms. The first-order chi connectivity index (χ1) is 14.4. The quantitative estimate of drug-likeness (QED) is 0.532. The molecule has 0 aromatic carbocycles. The Morgan fingerprint density at radius 1 is 1.00 bits per heavy atom. The van der Waals surface area contributed by atoms with Gasteiger partial charge in [-0.1, -0.05) is 71.9 Å². The van der Waals surface area contributed by atoms with E-state index in [0.29, 0.717) is 36.5 Å². The summed E-state index contributed by atoms with van der Waals surface area (Å²) < 4.78 is 0. The highest BCUT2D eigenvalue weighted by Gasteiger charge is 2.61. The Bertz CT molecular complexity index is 848. The smallest absolute Gasteiger partial charge is 0.0990 e. The van der Waals surface area contributed by atoms with Crippen LogP contribution in [0.1, 0.15) is 73.6 Å². The Labute approximate surface area is 188 Å². The maximum absolute atomic E-state index is 12.1. The van der Waals surface area contributed by atoms with Crippen LogP contribution in [0.25, 0.3) is 0 Å². The van der Waals surface area contributed by atoms with Gasteiger partial charge in [-0.2, -0.15) is 0 Å². The summed E-state index contributed by atoms with van der Waals surface area (Å²) in [4.78, 5) is 0. The summed E-state index contributed by atoms with van der Waals surface area (Å²) in [5.74, 6) is 1.92. The van der Waals surface area contributed by atoms with E-state index in [1.165, 1.54) is 0 Å². The fourth-order valence-electron chi connectivity index (χ4n) is 7.02. The van der Waals surface area contributed by atoms with Crippen molar-refractivity contribution in [2.45, 2.75) is 91.5 Å². The lowest BCUT2D eigenvalue weighted by Crippen LogP contribution is -2.56. The van der Waals surface area contributed by atoms with E-state index < -0.39 is 23.2 Å². The molecule has 0 heterocycles. The maximum atomic E-state index is 12.1. The third-order valence-electron chi connectivity index (χ3n) is 9.68. The molecule has 4 aliphatic carbocycles. The van der Waals surface area contributed by atoms with Crippen molar-refractivity contribution in [3.05, 3.63) is 47.1 Å². The van der Waals surface area contributed by atoms with Gasteiger partial charge in [-0.3, -0.25) is 0 Å². The highest BCUT2D eigenvalue weighted by Crippen LogP contribution is 2.65. The van der Waals surface area contributed by atoms with Crippen LogP contribution in [0.4, 0.5) is 0 Å². The van der Waals surface area contributed by atoms with Gasteiger partial charge in [-0.05, 0) is 77.9 Å². The molecule has 172 valence electrons. The molecular formula is C28H42O3. The molecule has 0 radical (unpaired) electrons. The average molecular weight is 427 g/mol. The van der Waals surface area contributed by atoms with Crippen molar-refractivity contribution in [2.24, 2.45) is 34.5 Å². The molecule has 4 rings (SSSR count). The molecule has 1 fully saturated rings. The molecule has 1 saturated carbocycles. The van der Waals surface area contributed by atoms with Crippen LogP contribution in [-0.2, 0) is 0 Å². The zero-order valence-electron chi connectivity index (χ0n) is 20.2. The molecule has 4 aliphatic rings. The molecule has 31 heavy (non-hydrogen) atoms. The summed E-state index contributed by atoms with van der Waals surface area (Å²) in [5, 5.41) is 33.5. The van der Waals surface area contributed by atoms with Crippen LogP contribution in [0.15, 0.2) is 47.1 Å². The fraction of sp³-hybridized carbons (Fsp3) is 0.714. The summed E-state index contributed by atoms with van der Waals surface area (Å²) in [5.41, 5.74) is 1.61. The first-order valence-corrected chi connectivity index (χ1v) is 12.4. The van der Waals surface area contributed by atoms with Gasteiger partial charge in [-0.25, -0.2) is 0 Å². The van der Waals surface area contributed by atoms with Crippen molar-refractivity contribution in [3.63, 3.8) is 0 Å². The molecule has 0 bridgehead atoms. The lowest BCUT2D eigenvalue weighted by atomic mass is 9.50. The van der Waals surface area contributed by atoms with E-state index in [0.717, 1.165) is 36.0 Å². The molecule has 0 amide bonds. The van der Waals surface area contributed by atoms with E-state index in [-0.39, 0.29) is 5.41 Å². The molecule has 8 atom stereocenters. The Hall–Kier alpha value is -1.16. The van der Waals surface area contributed by atoms with Crippen LogP contribution >= 0.6 is 0 Å². The Balaban J connectivity index is 1.74. The number of rotatable bonds is 4. The molecular weight excluding hydrogens is 384 g/mol. The molecule has 0 spiro atoms. The van der Waals surface area contributed by atoms with Crippen LogP contribution in [0.3, 0.4) is 0 Å². The first-order valence-electron chi connectivity index (χ1n) is 12.4. The van der Waals surface area contributed by atoms with Gasteiger partial charge in [0.1, 0.15) is 0 Å². The molecule has 0 aromatic heterocycles. The normalized spacial score (nSPS) is 44.2. The largest absolute Gasteiger partial charge is 0.389 e. The van der Waals surface area contributed by atoms with Gasteiger partial charge in [0.15, 0.2) is 0 Å². The molecule has 0 unspecified atom stereocenters. The number of allylic oxidation sites excluding steroid dienone is 3. The minimum atomic E-state index is -0.969. The lowest BCUT2D eigenvalue weighted by molar-refractivity contribution is -0.0621. The lowest BCUT2D eigenvalue weighted by Gasteiger charge is -2.56. The Morgan fingerprint density at radius 3 is 2.39 bits per heavy atom. The topological polar surface area (TPSA) is 60.7 Å². The standard InChI is InChI=1S/C28H42O3/c1-17(2)18(3)7-8-19(4)23-16-24(30)25-22-10-9-20-15-21(29)11-12-27(20,6)28(22,31)14-13-26(23,25)5/h7-10,15,17-19,21,23-24,29-31H,11-14,16H2,1-6H3/b8-7+/t18-,19+,21-,23+,24-,26+,27-,28+/m0/s1. The SMILES string of the molecule is CC(C)[C@@H](C)/C=C/[C@@H](C)[C@H]1C[C@H](O)C2=C3C=CC4=C[C@@H](O)CC[C@]4(C)[C@@]3(O)CC[C@@]21C. The predicted octanol–water partition coefficient (Wildman–Crippen LogP) is 5.34. The minimum absolute atomic E-state index is 0.0953. The summed E-state index contributed by atoms with van der Waals surface area (Å²) in [6.45, 7) is 13.5. The van der Waals surface area contributed by atoms with Crippen LogP contribution in [-0.4, -0.2) is 33.1 Å². The molecule has 0 saturated heterocycles. The van der Waals surface area contributed by atoms with E-state index in [1.54, 1.807) is 0 Å². The summed E-state index contributed by atoms with van der Waals surface area (Å²) in [6, 6.07) is 0. The predicted molar refractivity (Wildman–Crippen MR) is 126 cm³/mol. The van der Waals surface area contributed by atoms with E-state index >= 15 is 0 Å². The van der Waals surface area contributed by atoms with Crippen LogP contribution in [0.5, 0.6) is 0 Å². The van der Waals surface area contributed by atoms with Crippen molar-refractivity contribution >= 4 is 0 Å². The van der Waals surface area contributed by atoms with Gasteiger partial charge < -0.3 is 15.3 Å². The molecule has 0 aromatic rings. The van der Waals surface area contributed by atoms with Crippen molar-refractivity contribution in [2.75, 3.05) is 0 Å². The molecule has 3 nitrogen and oxygen atoms in total. The van der Waals surface area contributed by atoms with Gasteiger partial charge in [0.25, 0.3) is 0 Å². The Morgan fingerprint density at radius 2 is 1.71 bits per heavy atom. The van der Waals surface area contributed by atoms with Gasteiger partial charge >= 0.3 is 0 Å². The maximum Gasteiger partial charge on any atom is 0.0990 e. The molecule has 3 N–H and O–H groups in total. The Kier molecular flexibility index (Phi) is 5.72. The molecule has 0 aliphatic heterocycles. The minimum Gasteiger partial charge on any atom is -0.389 e. The second kappa shape index (κ2) is 7.71. The van der Waals surface area contributed by atoms with Gasteiger partial charge in [0, 0.05) is 5.41 Å². The van der Waals surface area contributed by atoms with E-state index in [2.05, 4.69) is 59.8 Å². The number of aliphatic hydroxyl groups is 3. The number of hydrogen-bond donors (Lipinski definition) is 3. The highest BCUT2D eigenvalue weighted by atomic mass is 16.3. The van der Waals surface area contributed by atoms with Crippen molar-refractivity contribution in [3.8, 4) is 0 Å². The van der Waals surface area contributed by atoms with Crippen molar-refractivity contribution in [1.29, 1.82) is 0 Å². The average Bonchev–Trinajstić information content (AvgIpc) is 2.98. The van der Waals surface area contributed by atoms with E-state index in [9.17, 15) is 15.3 Å². The second-order valence-corrected chi connectivity index (χ2v) is 11.7. The van der Waals surface area contributed by atoms with Crippen LogP contribution in [0, 0.1) is 34.5 Å². The van der Waals surface area contributed by atoms with E-state index in [1.807, 2.05) is 12.2 Å². The van der Waals surface area contributed by atoms with Crippen molar-refractivity contribution in [1.82, 2.24) is 0 Å². The number of aliphatic hydroxyl groups excluding tert-OH is 2. The number of hydrogen-bond acceptors (Lipinski definition) is 3. The zero-order chi connectivity index (χ0) is 22.8. The second-order valence-electron chi connectivity index (χ2n) is 11.7. The van der Waals surface area contributed by atoms with E-state index in [4.69, 9.17) is 0 Å². The summed E-state index contributed by atoms with van der Waals surface area (Å²) in [6.07, 6.45) is 13.6. The van der Waals surface area contributed by atoms with Gasteiger partial charge in [-0.15, -0.1) is 0 Å². The van der Waals surface area contributed by atoms with Gasteiger partial charge in [0.05, 0.1) is 17.8 Å². The number of fused-ring (bicyclic) bond motifs is 4. The van der Waals surface area contributed by atoms with Gasteiger partial charge in [0.2, 0.25) is 0 Å². The van der Waals surface area contributed by atoms with Crippen LogP contribution < -0.4 is 0 Å². The zero-order valence-corrected chi connectivity index (χ0v) is 20.2. The highest BCUT2D eigenvalue weighted by molar-refractivity contribution is 5.55. The summed E-state index contributed by atoms with van der Waals surface area (Å²) >= 11 is 0. The van der Waals surface area contributed by atoms with Crippen LogP contribution in [0.2, 0.25) is 0 Å². The van der Waals surface area contributed by atoms with Crippen molar-refractivity contribution < 1.29 is 15.3 Å². The third-order valence-corrected chi connectivity index (χ3v) is 9.68. The monoisotopic (exact) mass is 426 g/mol. The fourth-order valence-corrected chi connectivity index (χ4v) is 7.02. The first kappa shape index (κ1) is 23.0.